The van der Waals surface area contributed by atoms with Crippen molar-refractivity contribution in [1.82, 2.24) is 0 Å². The van der Waals surface area contributed by atoms with E-state index in [1.165, 1.54) is 0 Å². The third-order valence-corrected chi connectivity index (χ3v) is 2.32. The number of fused-ring (bicyclic) bond motifs is 2. The minimum Gasteiger partial charge on any atom is -0.389 e. The Morgan fingerprint density at radius 3 is 2.75 bits per heavy atom. The first-order valence-electron chi connectivity index (χ1n) is 3.83. The number of hydrogen-bond acceptors (Lipinski definition) is 4. The Bertz CT molecular complexity index is 222. The van der Waals surface area contributed by atoms with Crippen LogP contribution in [0.3, 0.4) is 0 Å². The molecule has 4 nitrogen and oxygen atoms in total. The minimum absolute atomic E-state index is 0.265. The number of rotatable bonds is 0. The molecule has 0 aromatic carbocycles. The lowest BCUT2D eigenvalue weighted by Gasteiger charge is -2.32. The fourth-order valence-electron chi connectivity index (χ4n) is 1.61. The van der Waals surface area contributed by atoms with Gasteiger partial charge >= 0.3 is 0 Å². The molecule has 2 N–H and O–H groups in total. The maximum Gasteiger partial charge on any atom is 0.186 e. The van der Waals surface area contributed by atoms with E-state index in [4.69, 9.17) is 15.9 Å². The molecule has 1 unspecified atom stereocenters. The van der Waals surface area contributed by atoms with E-state index in [2.05, 4.69) is 5.92 Å². The fourth-order valence-corrected chi connectivity index (χ4v) is 1.61. The van der Waals surface area contributed by atoms with Crippen LogP contribution in [0.1, 0.15) is 0 Å². The topological polar surface area (TPSA) is 58.9 Å². The van der Waals surface area contributed by atoms with Gasteiger partial charge in [0.2, 0.25) is 0 Å². The third kappa shape index (κ3) is 0.952. The van der Waals surface area contributed by atoms with Crippen molar-refractivity contribution in [2.75, 3.05) is 6.61 Å². The SMILES string of the molecule is C#C[C@H]1[C@H](O)[C@@H](O)C2OC[C@H]1O2. The highest BCUT2D eigenvalue weighted by molar-refractivity contribution is 5.07. The normalized spacial score (nSPS) is 51.9. The molecule has 66 valence electrons. The van der Waals surface area contributed by atoms with Crippen molar-refractivity contribution >= 4 is 0 Å². The van der Waals surface area contributed by atoms with Crippen molar-refractivity contribution in [3.8, 4) is 12.3 Å². The Hall–Kier alpha value is -0.600. The zero-order valence-corrected chi connectivity index (χ0v) is 6.38. The zero-order chi connectivity index (χ0) is 8.72. The van der Waals surface area contributed by atoms with E-state index in [0.29, 0.717) is 6.61 Å². The fraction of sp³-hybridized carbons (Fsp3) is 0.750. The largest absolute Gasteiger partial charge is 0.389 e. The predicted octanol–water partition coefficient (Wildman–Crippen LogP) is -1.29. The van der Waals surface area contributed by atoms with Gasteiger partial charge < -0.3 is 19.7 Å². The zero-order valence-electron chi connectivity index (χ0n) is 6.38. The van der Waals surface area contributed by atoms with Gasteiger partial charge in [-0.3, -0.25) is 0 Å². The molecule has 2 fully saturated rings. The van der Waals surface area contributed by atoms with Crippen molar-refractivity contribution in [3.05, 3.63) is 0 Å². The van der Waals surface area contributed by atoms with E-state index in [0.717, 1.165) is 0 Å². The average molecular weight is 170 g/mol. The Morgan fingerprint density at radius 1 is 1.33 bits per heavy atom. The molecule has 4 heteroatoms. The van der Waals surface area contributed by atoms with Crippen molar-refractivity contribution < 1.29 is 19.7 Å². The summed E-state index contributed by atoms with van der Waals surface area (Å²) in [6, 6.07) is 0. The van der Waals surface area contributed by atoms with Crippen LogP contribution in [0.25, 0.3) is 0 Å². The van der Waals surface area contributed by atoms with Gasteiger partial charge in [-0.15, -0.1) is 6.42 Å². The van der Waals surface area contributed by atoms with Crippen LogP contribution in [0, 0.1) is 18.3 Å². The van der Waals surface area contributed by atoms with E-state index < -0.39 is 24.4 Å². The van der Waals surface area contributed by atoms with Gasteiger partial charge in [0.25, 0.3) is 0 Å². The molecule has 0 radical (unpaired) electrons. The molecule has 2 rings (SSSR count). The maximum absolute atomic E-state index is 9.47. The summed E-state index contributed by atoms with van der Waals surface area (Å²) < 4.78 is 10.3. The number of hydrogen-bond donors (Lipinski definition) is 2. The van der Waals surface area contributed by atoms with Gasteiger partial charge in [0.15, 0.2) is 6.29 Å². The maximum atomic E-state index is 9.47. The smallest absolute Gasteiger partial charge is 0.186 e. The van der Waals surface area contributed by atoms with Crippen LogP contribution in [0.2, 0.25) is 0 Å². The minimum atomic E-state index is -1.02. The van der Waals surface area contributed by atoms with E-state index in [9.17, 15) is 10.2 Å². The van der Waals surface area contributed by atoms with Crippen molar-refractivity contribution in [2.45, 2.75) is 24.6 Å². The van der Waals surface area contributed by atoms with Crippen LogP contribution in [-0.2, 0) is 9.47 Å². The Kier molecular flexibility index (Phi) is 1.81. The summed E-state index contributed by atoms with van der Waals surface area (Å²) in [4.78, 5) is 0. The van der Waals surface area contributed by atoms with Crippen LogP contribution >= 0.6 is 0 Å². The van der Waals surface area contributed by atoms with E-state index in [-0.39, 0.29) is 6.10 Å². The first-order valence-corrected chi connectivity index (χ1v) is 3.83. The summed E-state index contributed by atoms with van der Waals surface area (Å²) >= 11 is 0. The van der Waals surface area contributed by atoms with Gasteiger partial charge in [-0.05, 0) is 0 Å². The summed E-state index contributed by atoms with van der Waals surface area (Å²) in [6.07, 6.45) is 2.27. The molecule has 2 bridgehead atoms. The Balaban J connectivity index is 2.21. The molecule has 0 saturated carbocycles. The Labute approximate surface area is 70.1 Å². The predicted molar refractivity (Wildman–Crippen MR) is 38.9 cm³/mol. The standard InChI is InChI=1S/C8H10O4/c1-2-4-5-3-11-8(12-5)7(10)6(4)9/h1,4-10H,3H2/t4-,5-,6+,7-,8?/m1/s1. The molecule has 12 heavy (non-hydrogen) atoms. The summed E-state index contributed by atoms with van der Waals surface area (Å²) in [5.41, 5.74) is 0. The molecule has 2 aliphatic rings. The quantitative estimate of drug-likeness (QED) is 0.444. The molecule has 0 aliphatic carbocycles. The van der Waals surface area contributed by atoms with E-state index >= 15 is 0 Å². The highest BCUT2D eigenvalue weighted by Gasteiger charge is 2.48. The third-order valence-electron chi connectivity index (χ3n) is 2.32. The number of ether oxygens (including phenoxy) is 2. The number of aliphatic hydroxyl groups excluding tert-OH is 2. The lowest BCUT2D eigenvalue weighted by Crippen LogP contribution is -2.49. The summed E-state index contributed by atoms with van der Waals surface area (Å²) in [6.45, 7) is 0.355. The van der Waals surface area contributed by atoms with Crippen LogP contribution in [-0.4, -0.2) is 41.4 Å². The van der Waals surface area contributed by atoms with Gasteiger partial charge in [-0.25, -0.2) is 0 Å². The summed E-state index contributed by atoms with van der Waals surface area (Å²) in [7, 11) is 0. The van der Waals surface area contributed by atoms with Gasteiger partial charge in [0, 0.05) is 0 Å². The van der Waals surface area contributed by atoms with Crippen LogP contribution in [0.15, 0.2) is 0 Å². The van der Waals surface area contributed by atoms with Crippen molar-refractivity contribution in [2.24, 2.45) is 5.92 Å². The number of terminal acetylenes is 1. The second-order valence-electron chi connectivity index (χ2n) is 3.05. The Morgan fingerprint density at radius 2 is 2.08 bits per heavy atom. The first-order chi connectivity index (χ1) is 5.74. The van der Waals surface area contributed by atoms with Crippen molar-refractivity contribution in [1.29, 1.82) is 0 Å². The van der Waals surface area contributed by atoms with Crippen LogP contribution in [0.4, 0.5) is 0 Å². The van der Waals surface area contributed by atoms with E-state index in [1.54, 1.807) is 0 Å². The van der Waals surface area contributed by atoms with Crippen molar-refractivity contribution in [3.63, 3.8) is 0 Å². The molecule has 0 aromatic rings. The van der Waals surface area contributed by atoms with Crippen LogP contribution in [0.5, 0.6) is 0 Å². The number of aliphatic hydroxyl groups is 2. The molecule has 0 amide bonds. The highest BCUT2D eigenvalue weighted by atomic mass is 16.7. The average Bonchev–Trinajstić information content (AvgIpc) is 2.49. The molecule has 2 saturated heterocycles. The molecular formula is C8H10O4. The van der Waals surface area contributed by atoms with Gasteiger partial charge in [0.1, 0.15) is 18.3 Å². The van der Waals surface area contributed by atoms with E-state index in [1.807, 2.05) is 0 Å². The molecule has 2 aliphatic heterocycles. The second kappa shape index (κ2) is 2.71. The monoisotopic (exact) mass is 170 g/mol. The van der Waals surface area contributed by atoms with Gasteiger partial charge in [0.05, 0.1) is 12.5 Å². The molecule has 0 spiro atoms. The lowest BCUT2D eigenvalue weighted by atomic mass is 9.91. The summed E-state index contributed by atoms with van der Waals surface area (Å²) in [5, 5.41) is 18.8. The molecule has 2 heterocycles. The molecular weight excluding hydrogens is 160 g/mol. The first kappa shape index (κ1) is 8.02. The second-order valence-corrected chi connectivity index (χ2v) is 3.05. The highest BCUT2D eigenvalue weighted by Crippen LogP contribution is 2.31. The molecule has 0 aromatic heterocycles. The van der Waals surface area contributed by atoms with Gasteiger partial charge in [-0.2, -0.15) is 0 Å². The molecule has 5 atom stereocenters. The van der Waals surface area contributed by atoms with Crippen LogP contribution < -0.4 is 0 Å². The summed E-state index contributed by atoms with van der Waals surface area (Å²) in [5.74, 6) is 1.94. The lowest BCUT2D eigenvalue weighted by molar-refractivity contribution is -0.204. The van der Waals surface area contributed by atoms with Gasteiger partial charge in [-0.1, -0.05) is 5.92 Å².